The Morgan fingerprint density at radius 3 is 2.76 bits per heavy atom. The molecule has 0 bridgehead atoms. The van der Waals surface area contributed by atoms with E-state index < -0.39 is 5.91 Å². The molecule has 0 aliphatic rings. The summed E-state index contributed by atoms with van der Waals surface area (Å²) >= 11 is 13.3. The van der Waals surface area contributed by atoms with Crippen molar-refractivity contribution in [2.24, 2.45) is 0 Å². The van der Waals surface area contributed by atoms with Gasteiger partial charge in [0, 0.05) is 9.90 Å². The van der Waals surface area contributed by atoms with Crippen molar-refractivity contribution < 1.29 is 4.79 Å². The summed E-state index contributed by atoms with van der Waals surface area (Å²) in [6.45, 7) is 1.92. The smallest absolute Gasteiger partial charge is 0.266 e. The van der Waals surface area contributed by atoms with Crippen LogP contribution in [0.4, 0.5) is 5.69 Å². The van der Waals surface area contributed by atoms with Gasteiger partial charge in [0.15, 0.2) is 0 Å². The first-order valence-electron chi connectivity index (χ1n) is 5.93. The average molecular weight is 337 g/mol. The maximum Gasteiger partial charge on any atom is 0.266 e. The van der Waals surface area contributed by atoms with E-state index in [0.717, 1.165) is 10.4 Å². The van der Waals surface area contributed by atoms with Gasteiger partial charge in [0.2, 0.25) is 0 Å². The maximum atomic E-state index is 12.1. The van der Waals surface area contributed by atoms with Crippen molar-refractivity contribution in [3.8, 4) is 6.07 Å². The van der Waals surface area contributed by atoms with Crippen LogP contribution in [0.2, 0.25) is 10.0 Å². The number of rotatable bonds is 3. The Kier molecular flexibility index (Phi) is 5.03. The Labute approximate surface area is 136 Å². The second kappa shape index (κ2) is 6.77. The molecule has 0 aliphatic carbocycles. The predicted octanol–water partition coefficient (Wildman–Crippen LogP) is 4.91. The van der Waals surface area contributed by atoms with E-state index in [4.69, 9.17) is 28.5 Å². The van der Waals surface area contributed by atoms with Gasteiger partial charge in [0.25, 0.3) is 5.91 Å². The Morgan fingerprint density at radius 1 is 1.38 bits per heavy atom. The second-order valence-corrected chi connectivity index (χ2v) is 6.01. The summed E-state index contributed by atoms with van der Waals surface area (Å²) in [5, 5.41) is 14.5. The van der Waals surface area contributed by atoms with Crippen LogP contribution in [0.15, 0.2) is 35.2 Å². The van der Waals surface area contributed by atoms with Crippen LogP contribution in [0.1, 0.15) is 10.4 Å². The van der Waals surface area contributed by atoms with E-state index in [9.17, 15) is 4.79 Å². The number of benzene rings is 1. The standard InChI is InChI=1S/C15H10Cl2N2OS/c1-9-4-5-21-14(9)6-10(8-18)15(20)19-13-7-11(16)2-3-12(13)17/h2-7H,1H3,(H,19,20)/b10-6+. The van der Waals surface area contributed by atoms with Gasteiger partial charge >= 0.3 is 0 Å². The van der Waals surface area contributed by atoms with E-state index in [2.05, 4.69) is 5.32 Å². The fraction of sp³-hybridized carbons (Fsp3) is 0.0667. The van der Waals surface area contributed by atoms with Gasteiger partial charge in [0.1, 0.15) is 11.6 Å². The lowest BCUT2D eigenvalue weighted by atomic mass is 10.2. The number of thiophene rings is 1. The van der Waals surface area contributed by atoms with E-state index in [1.54, 1.807) is 18.2 Å². The van der Waals surface area contributed by atoms with Gasteiger partial charge in [0.05, 0.1) is 10.7 Å². The molecule has 1 amide bonds. The minimum absolute atomic E-state index is 0.0107. The summed E-state index contributed by atoms with van der Waals surface area (Å²) in [7, 11) is 0. The zero-order valence-electron chi connectivity index (χ0n) is 11.0. The highest BCUT2D eigenvalue weighted by Gasteiger charge is 2.12. The molecule has 1 N–H and O–H groups in total. The molecule has 1 aromatic carbocycles. The van der Waals surface area contributed by atoms with Gasteiger partial charge < -0.3 is 5.32 Å². The quantitative estimate of drug-likeness (QED) is 0.639. The van der Waals surface area contributed by atoms with Crippen LogP contribution >= 0.6 is 34.5 Å². The number of halogens is 2. The lowest BCUT2D eigenvalue weighted by Crippen LogP contribution is -2.13. The number of hydrogen-bond donors (Lipinski definition) is 1. The van der Waals surface area contributed by atoms with Crippen LogP contribution < -0.4 is 5.32 Å². The van der Waals surface area contributed by atoms with E-state index in [1.165, 1.54) is 17.4 Å². The summed E-state index contributed by atoms with van der Waals surface area (Å²) in [5.74, 6) is -0.519. The first-order chi connectivity index (χ1) is 10.0. The van der Waals surface area contributed by atoms with Crippen molar-refractivity contribution in [3.05, 3.63) is 55.7 Å². The minimum atomic E-state index is -0.519. The highest BCUT2D eigenvalue weighted by molar-refractivity contribution is 7.11. The Morgan fingerprint density at radius 2 is 2.14 bits per heavy atom. The third-order valence-corrected chi connectivity index (χ3v) is 4.25. The summed E-state index contributed by atoms with van der Waals surface area (Å²) in [6.07, 6.45) is 1.56. The normalized spacial score (nSPS) is 11.0. The molecule has 106 valence electrons. The molecular weight excluding hydrogens is 327 g/mol. The molecule has 1 heterocycles. The molecule has 3 nitrogen and oxygen atoms in total. The maximum absolute atomic E-state index is 12.1. The van der Waals surface area contributed by atoms with Crippen molar-refractivity contribution in [2.45, 2.75) is 6.92 Å². The molecule has 21 heavy (non-hydrogen) atoms. The third kappa shape index (κ3) is 3.85. The number of nitriles is 1. The lowest BCUT2D eigenvalue weighted by molar-refractivity contribution is -0.112. The van der Waals surface area contributed by atoms with Crippen LogP contribution in [0.3, 0.4) is 0 Å². The van der Waals surface area contributed by atoms with Crippen molar-refractivity contribution in [1.29, 1.82) is 5.26 Å². The van der Waals surface area contributed by atoms with Crippen LogP contribution in [0.25, 0.3) is 6.08 Å². The fourth-order valence-electron chi connectivity index (χ4n) is 1.59. The molecule has 2 rings (SSSR count). The first kappa shape index (κ1) is 15.6. The van der Waals surface area contributed by atoms with Crippen molar-refractivity contribution in [2.75, 3.05) is 5.32 Å². The number of carbonyl (C=O) groups is 1. The third-order valence-electron chi connectivity index (χ3n) is 2.72. The monoisotopic (exact) mass is 336 g/mol. The van der Waals surface area contributed by atoms with E-state index in [0.29, 0.717) is 15.7 Å². The molecule has 2 aromatic rings. The van der Waals surface area contributed by atoms with E-state index >= 15 is 0 Å². The zero-order valence-corrected chi connectivity index (χ0v) is 13.3. The first-order valence-corrected chi connectivity index (χ1v) is 7.57. The van der Waals surface area contributed by atoms with Gasteiger partial charge in [-0.25, -0.2) is 0 Å². The van der Waals surface area contributed by atoms with E-state index in [-0.39, 0.29) is 5.57 Å². The molecule has 6 heteroatoms. The van der Waals surface area contributed by atoms with Gasteiger partial charge in [-0.15, -0.1) is 11.3 Å². The molecule has 0 spiro atoms. The van der Waals surface area contributed by atoms with Gasteiger partial charge in [-0.3, -0.25) is 4.79 Å². The SMILES string of the molecule is Cc1ccsc1/C=C(\C#N)C(=O)Nc1cc(Cl)ccc1Cl. The number of carbonyl (C=O) groups excluding carboxylic acids is 1. The molecule has 0 unspecified atom stereocenters. The lowest BCUT2D eigenvalue weighted by Gasteiger charge is -2.06. The largest absolute Gasteiger partial charge is 0.320 e. The molecule has 0 saturated heterocycles. The number of nitrogens with one attached hydrogen (secondary N) is 1. The average Bonchev–Trinajstić information content (AvgIpc) is 2.85. The molecule has 0 radical (unpaired) electrons. The van der Waals surface area contributed by atoms with Crippen LogP contribution in [-0.4, -0.2) is 5.91 Å². The van der Waals surface area contributed by atoms with Crippen molar-refractivity contribution in [3.63, 3.8) is 0 Å². The molecule has 1 aromatic heterocycles. The number of anilines is 1. The number of amides is 1. The predicted molar refractivity (Wildman–Crippen MR) is 87.7 cm³/mol. The molecule has 0 fully saturated rings. The fourth-order valence-corrected chi connectivity index (χ4v) is 2.79. The van der Waals surface area contributed by atoms with E-state index in [1.807, 2.05) is 24.4 Å². The molecule has 0 atom stereocenters. The number of nitrogens with zero attached hydrogens (tertiary/aromatic N) is 1. The van der Waals surface area contributed by atoms with Crippen LogP contribution in [0, 0.1) is 18.3 Å². The van der Waals surface area contributed by atoms with Gasteiger partial charge in [-0.2, -0.15) is 5.26 Å². The van der Waals surface area contributed by atoms with Crippen molar-refractivity contribution >= 4 is 52.2 Å². The topological polar surface area (TPSA) is 52.9 Å². The van der Waals surface area contributed by atoms with Crippen LogP contribution in [-0.2, 0) is 4.79 Å². The molecule has 0 saturated carbocycles. The Hall–Kier alpha value is -1.80. The van der Waals surface area contributed by atoms with Gasteiger partial charge in [-0.05, 0) is 48.2 Å². The summed E-state index contributed by atoms with van der Waals surface area (Å²) in [4.78, 5) is 13.0. The van der Waals surface area contributed by atoms with Crippen molar-refractivity contribution in [1.82, 2.24) is 0 Å². The second-order valence-electron chi connectivity index (χ2n) is 4.22. The minimum Gasteiger partial charge on any atom is -0.320 e. The Balaban J connectivity index is 2.26. The molecule has 0 aliphatic heterocycles. The highest BCUT2D eigenvalue weighted by Crippen LogP contribution is 2.26. The van der Waals surface area contributed by atoms with Crippen LogP contribution in [0.5, 0.6) is 0 Å². The van der Waals surface area contributed by atoms with Gasteiger partial charge in [-0.1, -0.05) is 23.2 Å². The summed E-state index contributed by atoms with van der Waals surface area (Å²) in [6, 6.07) is 8.57. The number of aryl methyl sites for hydroxylation is 1. The zero-order chi connectivity index (χ0) is 15.4. The summed E-state index contributed by atoms with van der Waals surface area (Å²) < 4.78 is 0. The number of hydrogen-bond acceptors (Lipinski definition) is 3. The molecular formula is C15H10Cl2N2OS. The highest BCUT2D eigenvalue weighted by atomic mass is 35.5. The summed E-state index contributed by atoms with van der Waals surface area (Å²) in [5.41, 5.74) is 1.40. The Bertz CT molecular complexity index is 759.